The van der Waals surface area contributed by atoms with Crippen LogP contribution in [-0.4, -0.2) is 62.0 Å². The molecule has 25 heavy (non-hydrogen) atoms. The molecule has 1 aromatic rings. The lowest BCUT2D eigenvalue weighted by atomic mass is 9.84. The van der Waals surface area contributed by atoms with Crippen molar-refractivity contribution >= 4 is 17.2 Å². The number of likely N-dealkylation sites (tertiary alicyclic amines) is 1. The molecule has 138 valence electrons. The van der Waals surface area contributed by atoms with Gasteiger partial charge in [-0.15, -0.1) is 11.3 Å². The molecule has 4 heterocycles. The second kappa shape index (κ2) is 7.35. The van der Waals surface area contributed by atoms with Gasteiger partial charge in [-0.1, -0.05) is 0 Å². The highest BCUT2D eigenvalue weighted by Crippen LogP contribution is 2.37. The van der Waals surface area contributed by atoms with E-state index >= 15 is 0 Å². The van der Waals surface area contributed by atoms with Crippen LogP contribution in [0.5, 0.6) is 0 Å². The van der Waals surface area contributed by atoms with Crippen molar-refractivity contribution in [2.45, 2.75) is 44.3 Å². The van der Waals surface area contributed by atoms with E-state index in [-0.39, 0.29) is 17.6 Å². The predicted octanol–water partition coefficient (Wildman–Crippen LogP) is 2.87. The number of amides is 1. The number of aryl methyl sites for hydroxylation is 1. The lowest BCUT2D eigenvalue weighted by Gasteiger charge is -2.53. The summed E-state index contributed by atoms with van der Waals surface area (Å²) in [5, 5.41) is 0. The van der Waals surface area contributed by atoms with Gasteiger partial charge < -0.3 is 19.1 Å². The van der Waals surface area contributed by atoms with Crippen molar-refractivity contribution in [3.63, 3.8) is 0 Å². The van der Waals surface area contributed by atoms with Gasteiger partial charge in [-0.25, -0.2) is 0 Å². The van der Waals surface area contributed by atoms with Crippen molar-refractivity contribution < 1.29 is 19.0 Å². The van der Waals surface area contributed by atoms with E-state index in [9.17, 15) is 4.79 Å². The summed E-state index contributed by atoms with van der Waals surface area (Å²) in [7, 11) is 0. The highest BCUT2D eigenvalue weighted by atomic mass is 32.1. The summed E-state index contributed by atoms with van der Waals surface area (Å²) in [4.78, 5) is 16.4. The minimum Gasteiger partial charge on any atom is -0.381 e. The third-order valence-electron chi connectivity index (χ3n) is 5.55. The Morgan fingerprint density at radius 2 is 2.08 bits per heavy atom. The number of rotatable bonds is 4. The molecule has 1 amide bonds. The van der Waals surface area contributed by atoms with E-state index in [0.29, 0.717) is 19.0 Å². The third-order valence-corrected chi connectivity index (χ3v) is 6.54. The number of hydrogen-bond acceptors (Lipinski definition) is 5. The number of carbonyl (C=O) groups is 1. The summed E-state index contributed by atoms with van der Waals surface area (Å²) in [5.41, 5.74) is -0.180. The first-order valence-corrected chi connectivity index (χ1v) is 10.1. The maximum Gasteiger partial charge on any atom is 0.264 e. The van der Waals surface area contributed by atoms with E-state index in [1.807, 2.05) is 24.0 Å². The van der Waals surface area contributed by atoms with E-state index in [4.69, 9.17) is 14.2 Å². The van der Waals surface area contributed by atoms with Gasteiger partial charge in [-0.3, -0.25) is 4.79 Å². The van der Waals surface area contributed by atoms with Gasteiger partial charge in [0.25, 0.3) is 5.91 Å². The molecule has 1 aromatic heterocycles. The molecule has 0 bridgehead atoms. The quantitative estimate of drug-likeness (QED) is 0.823. The molecule has 1 spiro atoms. The van der Waals surface area contributed by atoms with Crippen molar-refractivity contribution in [1.82, 2.24) is 4.90 Å². The SMILES string of the molecule is Cc1ccc(C(=O)N2CC3(CC(OCC4CCOCC4)CCO3)C2)s1. The zero-order valence-electron chi connectivity index (χ0n) is 14.9. The molecule has 4 rings (SSSR count). The first-order valence-electron chi connectivity index (χ1n) is 9.33. The number of thiophene rings is 1. The first-order chi connectivity index (χ1) is 12.1. The zero-order valence-corrected chi connectivity index (χ0v) is 15.7. The molecule has 3 saturated heterocycles. The van der Waals surface area contributed by atoms with Crippen LogP contribution in [0.2, 0.25) is 0 Å². The number of nitrogens with zero attached hydrogens (tertiary/aromatic N) is 1. The molecule has 3 aliphatic heterocycles. The fraction of sp³-hybridized carbons (Fsp3) is 0.737. The van der Waals surface area contributed by atoms with E-state index in [2.05, 4.69) is 0 Å². The number of hydrogen-bond donors (Lipinski definition) is 0. The monoisotopic (exact) mass is 365 g/mol. The molecule has 1 atom stereocenters. The van der Waals surface area contributed by atoms with Gasteiger partial charge in [-0.05, 0) is 44.2 Å². The van der Waals surface area contributed by atoms with Crippen LogP contribution in [0.25, 0.3) is 0 Å². The van der Waals surface area contributed by atoms with E-state index in [1.165, 1.54) is 4.88 Å². The summed E-state index contributed by atoms with van der Waals surface area (Å²) in [5.74, 6) is 0.770. The average molecular weight is 365 g/mol. The summed E-state index contributed by atoms with van der Waals surface area (Å²) in [6.45, 7) is 6.72. The van der Waals surface area contributed by atoms with Gasteiger partial charge in [0.1, 0.15) is 5.60 Å². The number of ether oxygens (including phenoxy) is 3. The molecular weight excluding hydrogens is 338 g/mol. The molecule has 6 heteroatoms. The largest absolute Gasteiger partial charge is 0.381 e. The molecule has 0 saturated carbocycles. The summed E-state index contributed by atoms with van der Waals surface area (Å²) in [6, 6.07) is 3.93. The smallest absolute Gasteiger partial charge is 0.264 e. The Labute approximate surface area is 153 Å². The lowest BCUT2D eigenvalue weighted by molar-refractivity contribution is -0.188. The van der Waals surface area contributed by atoms with E-state index in [1.54, 1.807) is 11.3 Å². The van der Waals surface area contributed by atoms with Crippen LogP contribution in [0.15, 0.2) is 12.1 Å². The van der Waals surface area contributed by atoms with Crippen LogP contribution in [0.1, 0.15) is 40.2 Å². The highest BCUT2D eigenvalue weighted by Gasteiger charge is 2.49. The van der Waals surface area contributed by atoms with Crippen molar-refractivity contribution in [2.24, 2.45) is 5.92 Å². The molecule has 0 N–H and O–H groups in total. The van der Waals surface area contributed by atoms with E-state index < -0.39 is 0 Å². The molecular formula is C19H27NO4S. The second-order valence-corrected chi connectivity index (χ2v) is 8.89. The summed E-state index contributed by atoms with van der Waals surface area (Å²) < 4.78 is 17.7. The summed E-state index contributed by atoms with van der Waals surface area (Å²) >= 11 is 1.57. The Morgan fingerprint density at radius 1 is 1.28 bits per heavy atom. The molecule has 1 unspecified atom stereocenters. The Hall–Kier alpha value is -0.950. The van der Waals surface area contributed by atoms with Crippen molar-refractivity contribution in [3.05, 3.63) is 21.9 Å². The second-order valence-electron chi connectivity index (χ2n) is 7.61. The maximum atomic E-state index is 12.5. The molecule has 5 nitrogen and oxygen atoms in total. The molecule has 3 fully saturated rings. The fourth-order valence-corrected chi connectivity index (χ4v) is 4.86. The van der Waals surface area contributed by atoms with Crippen LogP contribution in [-0.2, 0) is 14.2 Å². The van der Waals surface area contributed by atoms with E-state index in [0.717, 1.165) is 57.0 Å². The average Bonchev–Trinajstić information content (AvgIpc) is 3.05. The maximum absolute atomic E-state index is 12.5. The summed E-state index contributed by atoms with van der Waals surface area (Å²) in [6.07, 6.45) is 4.35. The standard InChI is InChI=1S/C19H27NO4S/c1-14-2-3-17(25-14)18(21)20-12-19(13-20)10-16(6-9-24-19)23-11-15-4-7-22-8-5-15/h2-3,15-16H,4-13H2,1H3. The van der Waals surface area contributed by atoms with Crippen molar-refractivity contribution in [2.75, 3.05) is 39.5 Å². The Morgan fingerprint density at radius 3 is 2.80 bits per heavy atom. The lowest BCUT2D eigenvalue weighted by Crippen LogP contribution is -2.67. The third kappa shape index (κ3) is 3.92. The van der Waals surface area contributed by atoms with Crippen LogP contribution >= 0.6 is 11.3 Å². The van der Waals surface area contributed by atoms with Gasteiger partial charge in [0, 0.05) is 37.7 Å². The zero-order chi connectivity index (χ0) is 17.3. The van der Waals surface area contributed by atoms with Crippen molar-refractivity contribution in [1.29, 1.82) is 0 Å². The first kappa shape index (κ1) is 17.5. The minimum atomic E-state index is -0.180. The topological polar surface area (TPSA) is 48.0 Å². The van der Waals surface area contributed by atoms with Gasteiger partial charge in [-0.2, -0.15) is 0 Å². The Balaban J connectivity index is 1.26. The normalized spacial score (nSPS) is 26.6. The van der Waals surface area contributed by atoms with Gasteiger partial charge >= 0.3 is 0 Å². The Kier molecular flexibility index (Phi) is 5.13. The Bertz CT molecular complexity index is 604. The molecule has 0 aromatic carbocycles. The predicted molar refractivity (Wildman–Crippen MR) is 96.2 cm³/mol. The van der Waals surface area contributed by atoms with Crippen LogP contribution in [0.3, 0.4) is 0 Å². The fourth-order valence-electron chi connectivity index (χ4n) is 4.03. The minimum absolute atomic E-state index is 0.137. The molecule has 0 radical (unpaired) electrons. The van der Waals surface area contributed by atoms with Crippen LogP contribution in [0, 0.1) is 12.8 Å². The van der Waals surface area contributed by atoms with Crippen LogP contribution in [0.4, 0.5) is 0 Å². The molecule has 0 aliphatic carbocycles. The van der Waals surface area contributed by atoms with Gasteiger partial charge in [0.15, 0.2) is 0 Å². The van der Waals surface area contributed by atoms with Gasteiger partial charge in [0.05, 0.1) is 24.1 Å². The van der Waals surface area contributed by atoms with Gasteiger partial charge in [0.2, 0.25) is 0 Å². The molecule has 3 aliphatic rings. The highest BCUT2D eigenvalue weighted by molar-refractivity contribution is 7.13. The van der Waals surface area contributed by atoms with Crippen molar-refractivity contribution in [3.8, 4) is 0 Å². The van der Waals surface area contributed by atoms with Crippen LogP contribution < -0.4 is 0 Å². The number of carbonyl (C=O) groups excluding carboxylic acids is 1.